The van der Waals surface area contributed by atoms with Crippen LogP contribution in [0.25, 0.3) is 28.1 Å². The summed E-state index contributed by atoms with van der Waals surface area (Å²) in [5.74, 6) is -0.841. The van der Waals surface area contributed by atoms with E-state index >= 15 is 4.39 Å². The highest BCUT2D eigenvalue weighted by molar-refractivity contribution is 6.31. The number of rotatable bonds is 10. The van der Waals surface area contributed by atoms with E-state index in [1.54, 1.807) is 0 Å². The van der Waals surface area contributed by atoms with Gasteiger partial charge in [-0.1, -0.05) is 28.4 Å². The van der Waals surface area contributed by atoms with Crippen LogP contribution in [0.3, 0.4) is 0 Å². The van der Waals surface area contributed by atoms with Crippen molar-refractivity contribution in [2.24, 2.45) is 0 Å². The summed E-state index contributed by atoms with van der Waals surface area (Å²) < 4.78 is 74.8. The highest BCUT2D eigenvalue weighted by atomic mass is 35.5. The molecule has 0 aliphatic rings. The Balaban J connectivity index is 1.56. The maximum atomic E-state index is 15.2. The van der Waals surface area contributed by atoms with Crippen molar-refractivity contribution in [2.45, 2.75) is 25.6 Å². The summed E-state index contributed by atoms with van der Waals surface area (Å²) in [4.78, 5) is 0. The van der Waals surface area contributed by atoms with Crippen LogP contribution in [0, 0.1) is 11.0 Å². The van der Waals surface area contributed by atoms with Crippen LogP contribution < -0.4 is 4.73 Å². The summed E-state index contributed by atoms with van der Waals surface area (Å²) in [5.41, 5.74) is 0.0104. The zero-order chi connectivity index (χ0) is 29.3. The van der Waals surface area contributed by atoms with Crippen molar-refractivity contribution < 1.29 is 31.4 Å². The van der Waals surface area contributed by atoms with Crippen LogP contribution in [0.2, 0.25) is 10.2 Å². The number of aromatic nitrogens is 10. The van der Waals surface area contributed by atoms with E-state index in [9.17, 15) is 22.8 Å². The Bertz CT molecular complexity index is 1660. The first-order chi connectivity index (χ1) is 19.7. The number of tetrazole rings is 1. The number of nitrogens with zero attached hydrogens (tertiary/aromatic N) is 10. The molecule has 0 fully saturated rings. The largest absolute Gasteiger partial charge is 0.618 e. The SMILES string of the molecule is [O-][n+]1cc(-c2c(-n3cnnn3)ccc(Cl)c2F)ccc1[C@H](CCOC(F)F)n1cc(-c2c(Cl)nnn2C(F)F)cn1. The Labute approximate surface area is 236 Å². The molecular weight excluding hydrogens is 602 g/mol. The van der Waals surface area contributed by atoms with Gasteiger partial charge in [-0.3, -0.25) is 4.68 Å². The second-order valence-electron chi connectivity index (χ2n) is 8.27. The quantitative estimate of drug-likeness (QED) is 0.128. The van der Waals surface area contributed by atoms with E-state index in [0.717, 1.165) is 6.20 Å². The third-order valence-electron chi connectivity index (χ3n) is 5.91. The van der Waals surface area contributed by atoms with Gasteiger partial charge in [0.25, 0.3) is 0 Å². The van der Waals surface area contributed by atoms with Gasteiger partial charge in [-0.2, -0.15) is 36.8 Å². The third-order valence-corrected chi connectivity index (χ3v) is 6.46. The van der Waals surface area contributed by atoms with Gasteiger partial charge in [0.2, 0.25) is 5.69 Å². The summed E-state index contributed by atoms with van der Waals surface area (Å²) >= 11 is 11.9. The van der Waals surface area contributed by atoms with Gasteiger partial charge in [0.05, 0.1) is 34.6 Å². The fraction of sp³-hybridized carbons (Fsp3) is 0.227. The number of pyridine rings is 1. The number of benzene rings is 1. The van der Waals surface area contributed by atoms with Crippen LogP contribution in [0.4, 0.5) is 22.0 Å². The Morgan fingerprint density at radius 2 is 1.85 bits per heavy atom. The van der Waals surface area contributed by atoms with Crippen LogP contribution in [0.1, 0.15) is 24.7 Å². The molecule has 0 unspecified atom stereocenters. The van der Waals surface area contributed by atoms with Gasteiger partial charge in [0.1, 0.15) is 18.1 Å². The average Bonchev–Trinajstić information content (AvgIpc) is 3.69. The van der Waals surface area contributed by atoms with Crippen LogP contribution in [-0.2, 0) is 4.74 Å². The van der Waals surface area contributed by atoms with E-state index in [1.807, 2.05) is 0 Å². The molecule has 12 nitrogen and oxygen atoms in total. The lowest BCUT2D eigenvalue weighted by Gasteiger charge is -2.18. The van der Waals surface area contributed by atoms with Crippen molar-refractivity contribution in [2.75, 3.05) is 6.61 Å². The summed E-state index contributed by atoms with van der Waals surface area (Å²) in [6.45, 7) is -6.64. The van der Waals surface area contributed by atoms with Crippen molar-refractivity contribution in [1.29, 1.82) is 0 Å². The molecule has 0 amide bonds. The number of halogens is 7. The molecule has 5 aromatic rings. The average molecular weight is 617 g/mol. The van der Waals surface area contributed by atoms with Crippen molar-refractivity contribution in [3.63, 3.8) is 0 Å². The van der Waals surface area contributed by atoms with Crippen molar-refractivity contribution >= 4 is 23.2 Å². The molecule has 4 heterocycles. The number of hydrogen-bond donors (Lipinski definition) is 0. The molecule has 214 valence electrons. The molecule has 0 N–H and O–H groups in total. The predicted octanol–water partition coefficient (Wildman–Crippen LogP) is 4.48. The first-order valence-electron chi connectivity index (χ1n) is 11.4. The second-order valence-corrected chi connectivity index (χ2v) is 9.04. The van der Waals surface area contributed by atoms with Gasteiger partial charge in [-0.15, -0.1) is 10.2 Å². The van der Waals surface area contributed by atoms with Crippen LogP contribution in [-0.4, -0.2) is 58.2 Å². The normalized spacial score (nSPS) is 12.5. The predicted molar refractivity (Wildman–Crippen MR) is 131 cm³/mol. The summed E-state index contributed by atoms with van der Waals surface area (Å²) in [7, 11) is 0. The van der Waals surface area contributed by atoms with E-state index in [4.69, 9.17) is 23.2 Å². The molecule has 0 spiro atoms. The second kappa shape index (κ2) is 11.7. The smallest absolute Gasteiger partial charge is 0.345 e. The number of ether oxygens (including phenoxy) is 1. The van der Waals surface area contributed by atoms with E-state index in [1.165, 1.54) is 52.4 Å². The minimum absolute atomic E-state index is 0.0146. The Kier molecular flexibility index (Phi) is 8.09. The molecule has 0 saturated heterocycles. The Morgan fingerprint density at radius 1 is 1.05 bits per heavy atom. The van der Waals surface area contributed by atoms with E-state index in [-0.39, 0.29) is 55.0 Å². The molecule has 4 aromatic heterocycles. The van der Waals surface area contributed by atoms with Gasteiger partial charge in [0.15, 0.2) is 17.2 Å². The summed E-state index contributed by atoms with van der Waals surface area (Å²) in [6, 6.07) is 4.46. The molecule has 1 aromatic carbocycles. The Hall–Kier alpha value is -4.22. The zero-order valence-corrected chi connectivity index (χ0v) is 21.7. The fourth-order valence-electron chi connectivity index (χ4n) is 4.15. The van der Waals surface area contributed by atoms with Gasteiger partial charge >= 0.3 is 13.2 Å². The van der Waals surface area contributed by atoms with Crippen LogP contribution >= 0.6 is 23.2 Å². The summed E-state index contributed by atoms with van der Waals surface area (Å²) in [5, 5.41) is 34.4. The van der Waals surface area contributed by atoms with E-state index in [2.05, 4.69) is 35.7 Å². The standard InChI is InChI=1S/C22H15Cl2F5N10O2/c23-13-2-4-16(37-10-30-33-35-37)17(18(13)25)11-1-3-15(38(40)9-11)14(5-6-41-22(28)29)36-8-12(7-31-36)19-20(24)32-34-39(19)21(26)27/h1-4,7-10,14,21-22H,5-6H2/t14-/m0/s1. The molecule has 0 bridgehead atoms. The minimum atomic E-state index is -3.08. The van der Waals surface area contributed by atoms with E-state index < -0.39 is 31.6 Å². The third kappa shape index (κ3) is 5.68. The van der Waals surface area contributed by atoms with Crippen LogP contribution in [0.15, 0.2) is 49.2 Å². The van der Waals surface area contributed by atoms with Crippen molar-refractivity contribution in [1.82, 2.24) is 45.0 Å². The first kappa shape index (κ1) is 28.3. The molecule has 41 heavy (non-hydrogen) atoms. The van der Waals surface area contributed by atoms with E-state index in [0.29, 0.717) is 4.73 Å². The van der Waals surface area contributed by atoms with Gasteiger partial charge in [-0.05, 0) is 28.6 Å². The van der Waals surface area contributed by atoms with Gasteiger partial charge in [0, 0.05) is 24.2 Å². The zero-order valence-electron chi connectivity index (χ0n) is 20.2. The Morgan fingerprint density at radius 3 is 2.54 bits per heavy atom. The lowest BCUT2D eigenvalue weighted by Crippen LogP contribution is -2.36. The molecule has 1 atom stereocenters. The minimum Gasteiger partial charge on any atom is -0.618 e. The van der Waals surface area contributed by atoms with Gasteiger partial charge < -0.3 is 9.94 Å². The highest BCUT2D eigenvalue weighted by Gasteiger charge is 2.28. The number of alkyl halides is 4. The number of hydrogen-bond acceptors (Lipinski definition) is 8. The maximum absolute atomic E-state index is 15.2. The van der Waals surface area contributed by atoms with Crippen molar-refractivity contribution in [3.8, 4) is 28.1 Å². The van der Waals surface area contributed by atoms with Crippen LogP contribution in [0.5, 0.6) is 0 Å². The topological polar surface area (TPSA) is 128 Å². The fourth-order valence-corrected chi connectivity index (χ4v) is 4.54. The van der Waals surface area contributed by atoms with Gasteiger partial charge in [-0.25, -0.2) is 4.39 Å². The monoisotopic (exact) mass is 616 g/mol. The maximum Gasteiger partial charge on any atom is 0.345 e. The lowest BCUT2D eigenvalue weighted by atomic mass is 10.0. The molecule has 0 radical (unpaired) electrons. The van der Waals surface area contributed by atoms with Crippen molar-refractivity contribution in [3.05, 3.63) is 76.1 Å². The lowest BCUT2D eigenvalue weighted by molar-refractivity contribution is -0.615. The molecular formula is C22H15Cl2F5N10O2. The first-order valence-corrected chi connectivity index (χ1v) is 12.2. The molecule has 0 aliphatic heterocycles. The summed E-state index contributed by atoms with van der Waals surface area (Å²) in [6.07, 6.45) is 4.54. The molecule has 0 saturated carbocycles. The molecule has 19 heteroatoms. The molecule has 5 rings (SSSR count). The highest BCUT2D eigenvalue weighted by Crippen LogP contribution is 2.34. The molecule has 0 aliphatic carbocycles.